The van der Waals surface area contributed by atoms with E-state index in [1.165, 1.54) is 24.0 Å². The molecule has 0 bridgehead atoms. The maximum absolute atomic E-state index is 6.06. The van der Waals surface area contributed by atoms with Gasteiger partial charge >= 0.3 is 0 Å². The highest BCUT2D eigenvalue weighted by molar-refractivity contribution is 9.10. The molecule has 15 heavy (non-hydrogen) atoms. The van der Waals surface area contributed by atoms with Gasteiger partial charge in [-0.3, -0.25) is 0 Å². The van der Waals surface area contributed by atoms with Gasteiger partial charge in [0.1, 0.15) is 0 Å². The molecule has 1 nitrogen and oxygen atoms in total. The van der Waals surface area contributed by atoms with Gasteiger partial charge in [-0.15, -0.1) is 0 Å². The molecule has 0 aromatic heterocycles. The third-order valence-electron chi connectivity index (χ3n) is 3.05. The molecule has 1 aliphatic rings. The summed E-state index contributed by atoms with van der Waals surface area (Å²) >= 11 is 9.56. The van der Waals surface area contributed by atoms with Crippen molar-refractivity contribution in [3.05, 3.63) is 32.8 Å². The molecule has 0 radical (unpaired) electrons. The molecule has 1 N–H and O–H groups in total. The predicted molar refractivity (Wildman–Crippen MR) is 68.7 cm³/mol. The first-order valence-electron chi connectivity index (χ1n) is 5.34. The normalized spacial score (nSPS) is 21.7. The van der Waals surface area contributed by atoms with Crippen LogP contribution in [0.2, 0.25) is 5.02 Å². The Hall–Kier alpha value is -0.0500. The highest BCUT2D eigenvalue weighted by atomic mass is 79.9. The van der Waals surface area contributed by atoms with Crippen LogP contribution in [-0.2, 0) is 0 Å². The second-order valence-corrected chi connectivity index (χ2v) is 5.43. The summed E-state index contributed by atoms with van der Waals surface area (Å²) in [7, 11) is 0. The Morgan fingerprint density at radius 2 is 2.27 bits per heavy atom. The largest absolute Gasteiger partial charge is 0.316 e. The topological polar surface area (TPSA) is 12.0 Å². The predicted octanol–water partition coefficient (Wildman–Crippen LogP) is 3.88. The Morgan fingerprint density at radius 1 is 1.47 bits per heavy atom. The Labute approximate surface area is 104 Å². The highest BCUT2D eigenvalue weighted by Crippen LogP contribution is 2.32. The number of nitrogens with one attached hydrogen (secondary N) is 1. The first-order valence-corrected chi connectivity index (χ1v) is 6.52. The number of hydrogen-bond acceptors (Lipinski definition) is 1. The van der Waals surface area contributed by atoms with Crippen LogP contribution in [0.4, 0.5) is 0 Å². The van der Waals surface area contributed by atoms with Crippen molar-refractivity contribution in [2.75, 3.05) is 13.1 Å². The third kappa shape index (κ3) is 2.55. The fraction of sp³-hybridized carbons (Fsp3) is 0.500. The van der Waals surface area contributed by atoms with E-state index in [-0.39, 0.29) is 0 Å². The summed E-state index contributed by atoms with van der Waals surface area (Å²) in [6.45, 7) is 4.39. The van der Waals surface area contributed by atoms with Crippen LogP contribution >= 0.6 is 27.5 Å². The molecule has 1 aliphatic heterocycles. The molecule has 0 aliphatic carbocycles. The molecule has 82 valence electrons. The van der Waals surface area contributed by atoms with E-state index in [9.17, 15) is 0 Å². The second-order valence-electron chi connectivity index (χ2n) is 4.17. The van der Waals surface area contributed by atoms with Gasteiger partial charge < -0.3 is 5.32 Å². The quantitative estimate of drug-likeness (QED) is 0.827. The van der Waals surface area contributed by atoms with Crippen LogP contribution in [-0.4, -0.2) is 13.1 Å². The average Bonchev–Trinajstić information content (AvgIpc) is 2.25. The fourth-order valence-electron chi connectivity index (χ4n) is 2.22. The summed E-state index contributed by atoms with van der Waals surface area (Å²) in [6, 6.07) is 4.23. The van der Waals surface area contributed by atoms with Crippen molar-refractivity contribution in [3.8, 4) is 0 Å². The summed E-state index contributed by atoms with van der Waals surface area (Å²) in [5.74, 6) is 0.646. The van der Waals surface area contributed by atoms with E-state index in [4.69, 9.17) is 11.6 Å². The van der Waals surface area contributed by atoms with Gasteiger partial charge in [0.25, 0.3) is 0 Å². The van der Waals surface area contributed by atoms with Gasteiger partial charge in [-0.1, -0.05) is 11.6 Å². The highest BCUT2D eigenvalue weighted by Gasteiger charge is 2.17. The monoisotopic (exact) mass is 287 g/mol. The van der Waals surface area contributed by atoms with Crippen LogP contribution in [0.5, 0.6) is 0 Å². The van der Waals surface area contributed by atoms with Gasteiger partial charge in [-0.05, 0) is 71.4 Å². The van der Waals surface area contributed by atoms with Crippen molar-refractivity contribution in [2.24, 2.45) is 0 Å². The smallest absolute Gasteiger partial charge is 0.0550 e. The number of piperidine rings is 1. The summed E-state index contributed by atoms with van der Waals surface area (Å²) < 4.78 is 1.01. The molecule has 0 amide bonds. The lowest BCUT2D eigenvalue weighted by Crippen LogP contribution is -2.28. The molecule has 3 heteroatoms. The van der Waals surface area contributed by atoms with Crippen molar-refractivity contribution >= 4 is 27.5 Å². The molecule has 1 aromatic rings. The SMILES string of the molecule is Cc1cc(Cl)c(Br)cc1C1CCCNC1. The summed E-state index contributed by atoms with van der Waals surface area (Å²) in [5, 5.41) is 4.25. The molecule has 1 fully saturated rings. The third-order valence-corrected chi connectivity index (χ3v) is 4.24. The lowest BCUT2D eigenvalue weighted by Gasteiger charge is -2.25. The minimum atomic E-state index is 0.646. The number of halogens is 2. The summed E-state index contributed by atoms with van der Waals surface area (Å²) in [5.41, 5.74) is 2.73. The van der Waals surface area contributed by atoms with Gasteiger partial charge in [-0.25, -0.2) is 0 Å². The van der Waals surface area contributed by atoms with Crippen LogP contribution in [0.15, 0.2) is 16.6 Å². The van der Waals surface area contributed by atoms with Crippen molar-refractivity contribution in [1.82, 2.24) is 5.32 Å². The maximum atomic E-state index is 6.06. The first kappa shape index (κ1) is 11.4. The first-order chi connectivity index (χ1) is 7.18. The molecule has 1 aromatic carbocycles. The molecular formula is C12H15BrClN. The van der Waals surface area contributed by atoms with Crippen molar-refractivity contribution in [3.63, 3.8) is 0 Å². The van der Waals surface area contributed by atoms with E-state index < -0.39 is 0 Å². The Morgan fingerprint density at radius 3 is 2.93 bits per heavy atom. The van der Waals surface area contributed by atoms with Crippen molar-refractivity contribution < 1.29 is 0 Å². The molecule has 0 spiro atoms. The van der Waals surface area contributed by atoms with E-state index >= 15 is 0 Å². The number of aryl methyl sites for hydroxylation is 1. The zero-order valence-electron chi connectivity index (χ0n) is 8.82. The van der Waals surface area contributed by atoms with Crippen LogP contribution in [0, 0.1) is 6.92 Å². The van der Waals surface area contributed by atoms with E-state index in [1.54, 1.807) is 0 Å². The summed E-state index contributed by atoms with van der Waals surface area (Å²) in [6.07, 6.45) is 2.55. The van der Waals surface area contributed by atoms with Crippen LogP contribution in [0.3, 0.4) is 0 Å². The minimum Gasteiger partial charge on any atom is -0.316 e. The van der Waals surface area contributed by atoms with E-state index in [0.29, 0.717) is 5.92 Å². The Balaban J connectivity index is 2.30. The van der Waals surface area contributed by atoms with Gasteiger partial charge in [0.2, 0.25) is 0 Å². The lowest BCUT2D eigenvalue weighted by molar-refractivity contribution is 0.460. The number of benzene rings is 1. The fourth-order valence-corrected chi connectivity index (χ4v) is 2.80. The van der Waals surface area contributed by atoms with E-state index in [1.807, 2.05) is 0 Å². The van der Waals surface area contributed by atoms with Gasteiger partial charge in [0.15, 0.2) is 0 Å². The number of rotatable bonds is 1. The summed E-state index contributed by atoms with van der Waals surface area (Å²) in [4.78, 5) is 0. The van der Waals surface area contributed by atoms with Crippen LogP contribution < -0.4 is 5.32 Å². The molecule has 1 heterocycles. The molecule has 1 atom stereocenters. The molecule has 2 rings (SSSR count). The lowest BCUT2D eigenvalue weighted by atomic mass is 9.89. The zero-order chi connectivity index (χ0) is 10.8. The maximum Gasteiger partial charge on any atom is 0.0550 e. The second kappa shape index (κ2) is 4.86. The zero-order valence-corrected chi connectivity index (χ0v) is 11.2. The van der Waals surface area contributed by atoms with Gasteiger partial charge in [0.05, 0.1) is 5.02 Å². The Bertz CT molecular complexity index is 359. The minimum absolute atomic E-state index is 0.646. The Kier molecular flexibility index (Phi) is 3.70. The van der Waals surface area contributed by atoms with Gasteiger partial charge in [-0.2, -0.15) is 0 Å². The molecule has 0 saturated carbocycles. The van der Waals surface area contributed by atoms with Crippen molar-refractivity contribution in [1.29, 1.82) is 0 Å². The molecule has 1 unspecified atom stereocenters. The van der Waals surface area contributed by atoms with Crippen molar-refractivity contribution in [2.45, 2.75) is 25.7 Å². The molecular weight excluding hydrogens is 273 g/mol. The van der Waals surface area contributed by atoms with Gasteiger partial charge in [0, 0.05) is 11.0 Å². The standard InChI is InChI=1S/C12H15BrClN/c1-8-5-12(14)11(13)6-10(8)9-3-2-4-15-7-9/h5-6,9,15H,2-4,7H2,1H3. The molecule has 1 saturated heterocycles. The van der Waals surface area contributed by atoms with E-state index in [0.717, 1.165) is 22.6 Å². The van der Waals surface area contributed by atoms with E-state index in [2.05, 4.69) is 40.3 Å². The van der Waals surface area contributed by atoms with Crippen LogP contribution in [0.1, 0.15) is 29.9 Å². The van der Waals surface area contributed by atoms with Crippen LogP contribution in [0.25, 0.3) is 0 Å². The average molecular weight is 289 g/mol. The number of hydrogen-bond donors (Lipinski definition) is 1.